The van der Waals surface area contributed by atoms with Gasteiger partial charge in [0, 0.05) is 11.7 Å². The molecule has 0 radical (unpaired) electrons. The van der Waals surface area contributed by atoms with Crippen molar-refractivity contribution >= 4 is 11.8 Å². The summed E-state index contributed by atoms with van der Waals surface area (Å²) < 4.78 is 4.93. The molecule has 1 fully saturated rings. The van der Waals surface area contributed by atoms with Gasteiger partial charge in [0.15, 0.2) is 0 Å². The second kappa shape index (κ2) is 5.87. The molecule has 2 rings (SSSR count). The first-order chi connectivity index (χ1) is 8.72. The van der Waals surface area contributed by atoms with Crippen molar-refractivity contribution in [3.05, 3.63) is 29.8 Å². The minimum absolute atomic E-state index is 0.250. The van der Waals surface area contributed by atoms with Crippen LogP contribution < -0.4 is 10.2 Å². The molecule has 1 aromatic rings. The molecule has 98 valence electrons. The van der Waals surface area contributed by atoms with Crippen LogP contribution in [-0.4, -0.2) is 25.8 Å². The Labute approximate surface area is 108 Å². The Morgan fingerprint density at radius 3 is 2.67 bits per heavy atom. The van der Waals surface area contributed by atoms with Crippen molar-refractivity contribution < 1.29 is 9.53 Å². The summed E-state index contributed by atoms with van der Waals surface area (Å²) in [5, 5.41) is 3.44. The minimum atomic E-state index is -0.250. The largest absolute Gasteiger partial charge is 0.447 e. The van der Waals surface area contributed by atoms with Gasteiger partial charge in [-0.1, -0.05) is 19.1 Å². The Kier molecular flexibility index (Phi) is 4.20. The van der Waals surface area contributed by atoms with Gasteiger partial charge < -0.3 is 10.1 Å². The van der Waals surface area contributed by atoms with Gasteiger partial charge in [-0.3, -0.25) is 4.90 Å². The summed E-state index contributed by atoms with van der Waals surface area (Å²) in [6, 6.07) is 8.42. The van der Waals surface area contributed by atoms with Crippen LogP contribution in [0.15, 0.2) is 24.3 Å². The van der Waals surface area contributed by atoms with Crippen LogP contribution >= 0.6 is 0 Å². The zero-order valence-electron chi connectivity index (χ0n) is 11.0. The molecule has 18 heavy (non-hydrogen) atoms. The lowest BCUT2D eigenvalue weighted by Gasteiger charge is -2.16. The van der Waals surface area contributed by atoms with Crippen molar-refractivity contribution in [1.29, 1.82) is 0 Å². The smallest absolute Gasteiger partial charge is 0.414 e. The van der Waals surface area contributed by atoms with Crippen LogP contribution in [-0.2, 0) is 4.74 Å². The second-order valence-corrected chi connectivity index (χ2v) is 4.53. The number of carbonyl (C=O) groups excluding carboxylic acids is 1. The monoisotopic (exact) mass is 248 g/mol. The van der Waals surface area contributed by atoms with Crippen LogP contribution in [0.5, 0.6) is 0 Å². The third kappa shape index (κ3) is 2.82. The maximum Gasteiger partial charge on any atom is 0.414 e. The normalized spacial score (nSPS) is 16.8. The molecule has 0 bridgehead atoms. The molecule has 4 nitrogen and oxygen atoms in total. The molecule has 1 amide bonds. The number of hydrogen-bond acceptors (Lipinski definition) is 3. The summed E-state index contributed by atoms with van der Waals surface area (Å²) >= 11 is 0. The number of cyclic esters (lactones) is 1. The molecule has 1 N–H and O–H groups in total. The predicted octanol–water partition coefficient (Wildman–Crippen LogP) is 2.70. The van der Waals surface area contributed by atoms with Crippen LogP contribution in [0.25, 0.3) is 0 Å². The van der Waals surface area contributed by atoms with Crippen molar-refractivity contribution in [3.63, 3.8) is 0 Å². The lowest BCUT2D eigenvalue weighted by Crippen LogP contribution is -2.23. The first-order valence-corrected chi connectivity index (χ1v) is 6.50. The maximum atomic E-state index is 11.4. The fourth-order valence-electron chi connectivity index (χ4n) is 2.05. The molecular formula is C14H20N2O2. The SMILES string of the molecule is CCCNC(C)c1ccc(N2CCOC2=O)cc1. The van der Waals surface area contributed by atoms with Gasteiger partial charge in [-0.15, -0.1) is 0 Å². The summed E-state index contributed by atoms with van der Waals surface area (Å²) in [6.45, 7) is 6.44. The van der Waals surface area contributed by atoms with E-state index < -0.39 is 0 Å². The zero-order chi connectivity index (χ0) is 13.0. The van der Waals surface area contributed by atoms with E-state index in [-0.39, 0.29) is 6.09 Å². The van der Waals surface area contributed by atoms with E-state index in [9.17, 15) is 4.79 Å². The Morgan fingerprint density at radius 1 is 1.39 bits per heavy atom. The van der Waals surface area contributed by atoms with E-state index in [0.29, 0.717) is 19.2 Å². The molecule has 1 atom stereocenters. The topological polar surface area (TPSA) is 41.6 Å². The number of nitrogens with zero attached hydrogens (tertiary/aromatic N) is 1. The first-order valence-electron chi connectivity index (χ1n) is 6.50. The number of hydrogen-bond donors (Lipinski definition) is 1. The van der Waals surface area contributed by atoms with E-state index in [1.165, 1.54) is 5.56 Å². The Hall–Kier alpha value is -1.55. The second-order valence-electron chi connectivity index (χ2n) is 4.53. The van der Waals surface area contributed by atoms with Gasteiger partial charge in [-0.05, 0) is 37.6 Å². The molecule has 1 unspecified atom stereocenters. The zero-order valence-corrected chi connectivity index (χ0v) is 11.0. The number of anilines is 1. The fraction of sp³-hybridized carbons (Fsp3) is 0.500. The lowest BCUT2D eigenvalue weighted by atomic mass is 10.1. The van der Waals surface area contributed by atoms with Crippen LogP contribution in [0, 0.1) is 0 Å². The molecule has 0 aliphatic carbocycles. The maximum absolute atomic E-state index is 11.4. The fourth-order valence-corrected chi connectivity index (χ4v) is 2.05. The van der Waals surface area contributed by atoms with E-state index >= 15 is 0 Å². The van der Waals surface area contributed by atoms with Crippen molar-refractivity contribution in [3.8, 4) is 0 Å². The number of rotatable bonds is 5. The molecule has 0 saturated carbocycles. The Morgan fingerprint density at radius 2 is 2.11 bits per heavy atom. The van der Waals surface area contributed by atoms with Crippen molar-refractivity contribution in [2.75, 3.05) is 24.6 Å². The highest BCUT2D eigenvalue weighted by Gasteiger charge is 2.23. The number of carbonyl (C=O) groups is 1. The van der Waals surface area contributed by atoms with Crippen LogP contribution in [0.1, 0.15) is 31.9 Å². The van der Waals surface area contributed by atoms with Gasteiger partial charge >= 0.3 is 6.09 Å². The van der Waals surface area contributed by atoms with Crippen molar-refractivity contribution in [2.24, 2.45) is 0 Å². The average Bonchev–Trinajstić information content (AvgIpc) is 2.82. The Balaban J connectivity index is 2.03. The van der Waals surface area contributed by atoms with Crippen LogP contribution in [0.2, 0.25) is 0 Å². The van der Waals surface area contributed by atoms with Gasteiger partial charge in [0.05, 0.1) is 6.54 Å². The first kappa shape index (κ1) is 12.9. The van der Waals surface area contributed by atoms with E-state index in [0.717, 1.165) is 18.7 Å². The minimum Gasteiger partial charge on any atom is -0.447 e. The van der Waals surface area contributed by atoms with Crippen molar-refractivity contribution in [1.82, 2.24) is 5.32 Å². The summed E-state index contributed by atoms with van der Waals surface area (Å²) in [7, 11) is 0. The standard InChI is InChI=1S/C14H20N2O2/c1-3-8-15-11(2)12-4-6-13(7-5-12)16-9-10-18-14(16)17/h4-7,11,15H,3,8-10H2,1-2H3. The molecule has 4 heteroatoms. The molecule has 1 aliphatic heterocycles. The molecule has 0 aromatic heterocycles. The lowest BCUT2D eigenvalue weighted by molar-refractivity contribution is 0.181. The highest BCUT2D eigenvalue weighted by atomic mass is 16.6. The van der Waals surface area contributed by atoms with E-state index in [1.807, 2.05) is 12.1 Å². The third-order valence-corrected chi connectivity index (χ3v) is 3.17. The van der Waals surface area contributed by atoms with Crippen molar-refractivity contribution in [2.45, 2.75) is 26.3 Å². The van der Waals surface area contributed by atoms with Crippen LogP contribution in [0.3, 0.4) is 0 Å². The highest BCUT2D eigenvalue weighted by Crippen LogP contribution is 2.21. The number of nitrogens with one attached hydrogen (secondary N) is 1. The van der Waals surface area contributed by atoms with Gasteiger partial charge in [0.1, 0.15) is 6.61 Å². The summed E-state index contributed by atoms with van der Waals surface area (Å²) in [5.41, 5.74) is 2.14. The third-order valence-electron chi connectivity index (χ3n) is 3.17. The highest BCUT2D eigenvalue weighted by molar-refractivity contribution is 5.89. The number of amides is 1. The van der Waals surface area contributed by atoms with E-state index in [1.54, 1.807) is 4.90 Å². The number of ether oxygens (including phenoxy) is 1. The number of benzene rings is 1. The average molecular weight is 248 g/mol. The molecule has 1 saturated heterocycles. The van der Waals surface area contributed by atoms with Gasteiger partial charge in [-0.25, -0.2) is 4.79 Å². The molecule has 1 heterocycles. The van der Waals surface area contributed by atoms with Crippen LogP contribution in [0.4, 0.5) is 10.5 Å². The Bertz CT molecular complexity index is 403. The summed E-state index contributed by atoms with van der Waals surface area (Å²) in [4.78, 5) is 13.1. The molecule has 1 aromatic carbocycles. The van der Waals surface area contributed by atoms with Gasteiger partial charge in [-0.2, -0.15) is 0 Å². The predicted molar refractivity (Wildman–Crippen MR) is 71.8 cm³/mol. The molecular weight excluding hydrogens is 228 g/mol. The van der Waals surface area contributed by atoms with E-state index in [2.05, 4.69) is 31.3 Å². The van der Waals surface area contributed by atoms with Gasteiger partial charge in [0.2, 0.25) is 0 Å². The summed E-state index contributed by atoms with van der Waals surface area (Å²) in [5.74, 6) is 0. The van der Waals surface area contributed by atoms with E-state index in [4.69, 9.17) is 4.74 Å². The van der Waals surface area contributed by atoms with Gasteiger partial charge in [0.25, 0.3) is 0 Å². The molecule has 0 spiro atoms. The summed E-state index contributed by atoms with van der Waals surface area (Å²) in [6.07, 6.45) is 0.877. The molecule has 1 aliphatic rings. The quantitative estimate of drug-likeness (QED) is 0.871.